The summed E-state index contributed by atoms with van der Waals surface area (Å²) in [7, 11) is 0. The van der Waals surface area contributed by atoms with Crippen LogP contribution in [-0.4, -0.2) is 27.2 Å². The van der Waals surface area contributed by atoms with Crippen molar-refractivity contribution in [2.24, 2.45) is 0 Å². The zero-order valence-corrected chi connectivity index (χ0v) is 16.9. The van der Waals surface area contributed by atoms with Gasteiger partial charge in [0.05, 0.1) is 22.5 Å². The van der Waals surface area contributed by atoms with Crippen molar-refractivity contribution in [2.75, 3.05) is 6.54 Å². The average Bonchev–Trinajstić information content (AvgIpc) is 2.99. The van der Waals surface area contributed by atoms with Crippen LogP contribution in [-0.2, 0) is 19.0 Å². The van der Waals surface area contributed by atoms with Gasteiger partial charge in [0, 0.05) is 31.3 Å². The second-order valence-electron chi connectivity index (χ2n) is 6.56. The van der Waals surface area contributed by atoms with E-state index in [2.05, 4.69) is 15.4 Å². The van der Waals surface area contributed by atoms with E-state index < -0.39 is 17.6 Å². The molecule has 0 unspecified atom stereocenters. The maximum absolute atomic E-state index is 13.7. The van der Waals surface area contributed by atoms with E-state index in [-0.39, 0.29) is 17.9 Å². The maximum Gasteiger partial charge on any atom is 0.416 e. The lowest BCUT2D eigenvalue weighted by molar-refractivity contribution is -0.137. The van der Waals surface area contributed by atoms with Gasteiger partial charge < -0.3 is 5.32 Å². The van der Waals surface area contributed by atoms with Crippen LogP contribution in [0.1, 0.15) is 32.9 Å². The van der Waals surface area contributed by atoms with Crippen molar-refractivity contribution in [3.05, 3.63) is 74.1 Å². The first-order valence-electron chi connectivity index (χ1n) is 8.60. The van der Waals surface area contributed by atoms with Crippen LogP contribution in [0.2, 0.25) is 0 Å². The summed E-state index contributed by atoms with van der Waals surface area (Å²) >= 11 is 1.99. The lowest BCUT2D eigenvalue weighted by Crippen LogP contribution is -2.32. The first-order chi connectivity index (χ1) is 13.7. The Balaban J connectivity index is 1.69. The SMILES string of the molecule is O=C1NCCc2c1c(I)nn2-c1ccnc(Cc2cc(F)cc(C(F)(F)F)c2)c1. The van der Waals surface area contributed by atoms with Crippen LogP contribution in [0.5, 0.6) is 0 Å². The predicted molar refractivity (Wildman–Crippen MR) is 104 cm³/mol. The monoisotopic (exact) mass is 516 g/mol. The number of hydrogen-bond donors (Lipinski definition) is 1. The zero-order chi connectivity index (χ0) is 20.8. The van der Waals surface area contributed by atoms with Crippen LogP contribution in [0.3, 0.4) is 0 Å². The molecule has 0 bridgehead atoms. The summed E-state index contributed by atoms with van der Waals surface area (Å²) in [6, 6.07) is 5.82. The largest absolute Gasteiger partial charge is 0.416 e. The van der Waals surface area contributed by atoms with Crippen molar-refractivity contribution in [1.29, 1.82) is 0 Å². The maximum atomic E-state index is 13.7. The number of hydrogen-bond acceptors (Lipinski definition) is 3. The Kier molecular flexibility index (Phi) is 5.05. The highest BCUT2D eigenvalue weighted by Gasteiger charge is 2.31. The third-order valence-corrected chi connectivity index (χ3v) is 5.28. The second kappa shape index (κ2) is 7.39. The molecule has 0 radical (unpaired) electrons. The third-order valence-electron chi connectivity index (χ3n) is 4.53. The van der Waals surface area contributed by atoms with Crippen molar-refractivity contribution in [1.82, 2.24) is 20.1 Å². The number of benzene rings is 1. The number of rotatable bonds is 3. The molecule has 3 aromatic rings. The van der Waals surface area contributed by atoms with Crippen LogP contribution >= 0.6 is 22.6 Å². The topological polar surface area (TPSA) is 59.8 Å². The fourth-order valence-corrected chi connectivity index (χ4v) is 4.07. The molecule has 4 rings (SSSR count). The number of nitrogens with zero attached hydrogens (tertiary/aromatic N) is 3. The molecule has 2 aromatic heterocycles. The Morgan fingerprint density at radius 3 is 2.76 bits per heavy atom. The lowest BCUT2D eigenvalue weighted by atomic mass is 10.0. The molecular formula is C19H13F4IN4O. The minimum Gasteiger partial charge on any atom is -0.352 e. The lowest BCUT2D eigenvalue weighted by Gasteiger charge is -2.15. The molecule has 0 fully saturated rings. The van der Waals surface area contributed by atoms with E-state index >= 15 is 0 Å². The molecule has 3 heterocycles. The highest BCUT2D eigenvalue weighted by Crippen LogP contribution is 2.31. The number of amides is 1. The van der Waals surface area contributed by atoms with Gasteiger partial charge in [-0.1, -0.05) is 0 Å². The summed E-state index contributed by atoms with van der Waals surface area (Å²) in [6.07, 6.45) is -2.49. The number of aromatic nitrogens is 3. The molecule has 0 atom stereocenters. The normalized spacial score (nSPS) is 13.9. The Bertz CT molecular complexity index is 1110. The average molecular weight is 516 g/mol. The van der Waals surface area contributed by atoms with Crippen molar-refractivity contribution in [3.8, 4) is 5.69 Å². The van der Waals surface area contributed by atoms with Gasteiger partial charge in [0.1, 0.15) is 9.52 Å². The van der Waals surface area contributed by atoms with Gasteiger partial charge in [0.15, 0.2) is 0 Å². The van der Waals surface area contributed by atoms with Gasteiger partial charge in [-0.2, -0.15) is 18.3 Å². The van der Waals surface area contributed by atoms with Crippen molar-refractivity contribution < 1.29 is 22.4 Å². The zero-order valence-electron chi connectivity index (χ0n) is 14.7. The number of halogens is 5. The van der Waals surface area contributed by atoms with Crippen molar-refractivity contribution in [3.63, 3.8) is 0 Å². The second-order valence-corrected chi connectivity index (χ2v) is 7.58. The summed E-state index contributed by atoms with van der Waals surface area (Å²) in [4.78, 5) is 16.3. The molecule has 0 spiro atoms. The first-order valence-corrected chi connectivity index (χ1v) is 9.68. The minimum atomic E-state index is -4.63. The highest BCUT2D eigenvalue weighted by atomic mass is 127. The summed E-state index contributed by atoms with van der Waals surface area (Å²) in [6.45, 7) is 0.495. The number of nitrogens with one attached hydrogen (secondary N) is 1. The van der Waals surface area contributed by atoms with Gasteiger partial charge in [0.25, 0.3) is 5.91 Å². The van der Waals surface area contributed by atoms with Crippen LogP contribution in [0.25, 0.3) is 5.69 Å². The Morgan fingerprint density at radius 2 is 2.00 bits per heavy atom. The quantitative estimate of drug-likeness (QED) is 0.425. The summed E-state index contributed by atoms with van der Waals surface area (Å²) < 4.78 is 54.7. The molecule has 29 heavy (non-hydrogen) atoms. The number of alkyl halides is 3. The van der Waals surface area contributed by atoms with Gasteiger partial charge in [-0.3, -0.25) is 9.78 Å². The number of fused-ring (bicyclic) bond motifs is 1. The fourth-order valence-electron chi connectivity index (χ4n) is 3.29. The summed E-state index contributed by atoms with van der Waals surface area (Å²) in [5, 5.41) is 7.20. The van der Waals surface area contributed by atoms with Gasteiger partial charge in [-0.25, -0.2) is 9.07 Å². The third kappa shape index (κ3) is 3.98. The molecule has 0 saturated carbocycles. The molecule has 10 heteroatoms. The van der Waals surface area contributed by atoms with E-state index in [1.54, 1.807) is 16.8 Å². The van der Waals surface area contributed by atoms with Gasteiger partial charge in [-0.15, -0.1) is 0 Å². The molecule has 1 N–H and O–H groups in total. The predicted octanol–water partition coefficient (Wildman–Crippen LogP) is 3.91. The van der Waals surface area contributed by atoms with Crippen LogP contribution in [0, 0.1) is 9.52 Å². The molecule has 0 aliphatic carbocycles. The molecule has 1 amide bonds. The van der Waals surface area contributed by atoms with E-state index in [1.807, 2.05) is 22.6 Å². The summed E-state index contributed by atoms with van der Waals surface area (Å²) in [5.41, 5.74) is 1.51. The number of pyridine rings is 1. The molecular weight excluding hydrogens is 503 g/mol. The van der Waals surface area contributed by atoms with Gasteiger partial charge in [0.2, 0.25) is 0 Å². The molecule has 0 saturated heterocycles. The van der Waals surface area contributed by atoms with E-state index in [9.17, 15) is 22.4 Å². The minimum absolute atomic E-state index is 0.0235. The smallest absolute Gasteiger partial charge is 0.352 e. The van der Waals surface area contributed by atoms with Crippen molar-refractivity contribution in [2.45, 2.75) is 19.0 Å². The Morgan fingerprint density at radius 1 is 1.21 bits per heavy atom. The Labute approximate surface area is 176 Å². The van der Waals surface area contributed by atoms with Gasteiger partial charge >= 0.3 is 6.18 Å². The molecule has 5 nitrogen and oxygen atoms in total. The van der Waals surface area contributed by atoms with Crippen LogP contribution in [0.4, 0.5) is 17.6 Å². The standard InChI is InChI=1S/C19H13F4IN4O/c20-12-6-10(5-11(8-12)19(21,22)23)7-13-9-14(1-3-25-13)28-15-2-4-26-18(29)16(15)17(24)27-28/h1,3,5-6,8-9H,2,4,7H2,(H,26,29). The van der Waals surface area contributed by atoms with Crippen LogP contribution < -0.4 is 5.32 Å². The van der Waals surface area contributed by atoms with Gasteiger partial charge in [-0.05, 0) is 58.5 Å². The van der Waals surface area contributed by atoms with Crippen molar-refractivity contribution >= 4 is 28.5 Å². The fraction of sp³-hybridized carbons (Fsp3) is 0.211. The molecule has 150 valence electrons. The Hall–Kier alpha value is -2.50. The first kappa shape index (κ1) is 19.8. The number of carbonyl (C=O) groups excluding carboxylic acids is 1. The van der Waals surface area contributed by atoms with E-state index in [4.69, 9.17) is 0 Å². The highest BCUT2D eigenvalue weighted by molar-refractivity contribution is 14.1. The molecule has 1 aromatic carbocycles. The molecule has 1 aliphatic heterocycles. The van der Waals surface area contributed by atoms with E-state index in [1.165, 1.54) is 6.20 Å². The van der Waals surface area contributed by atoms with E-state index in [0.29, 0.717) is 39.7 Å². The molecule has 1 aliphatic rings. The van der Waals surface area contributed by atoms with E-state index in [0.717, 1.165) is 17.8 Å². The number of carbonyl (C=O) groups is 1. The van der Waals surface area contributed by atoms with Crippen LogP contribution in [0.15, 0.2) is 36.5 Å². The summed E-state index contributed by atoms with van der Waals surface area (Å²) in [5.74, 6) is -1.14.